The number of rotatable bonds is 7. The van der Waals surface area contributed by atoms with Crippen LogP contribution >= 0.6 is 22.9 Å². The van der Waals surface area contributed by atoms with Gasteiger partial charge >= 0.3 is 0 Å². The molecular weight excluding hydrogens is 430 g/mol. The summed E-state index contributed by atoms with van der Waals surface area (Å²) in [6, 6.07) is 3.91. The molecule has 3 heterocycles. The Morgan fingerprint density at radius 1 is 1.23 bits per heavy atom. The van der Waals surface area contributed by atoms with Gasteiger partial charge in [-0.25, -0.2) is 9.97 Å². The zero-order chi connectivity index (χ0) is 21.4. The first kappa shape index (κ1) is 21.2. The van der Waals surface area contributed by atoms with Gasteiger partial charge in [0.2, 0.25) is 5.91 Å². The van der Waals surface area contributed by atoms with Gasteiger partial charge in [0.05, 0.1) is 10.3 Å². The maximum absolute atomic E-state index is 13.5. The molecule has 3 aliphatic rings. The number of anilines is 1. The summed E-state index contributed by atoms with van der Waals surface area (Å²) in [7, 11) is 0. The molecule has 5 rings (SSSR count). The molecule has 2 aromatic heterocycles. The van der Waals surface area contributed by atoms with Crippen LogP contribution in [0.5, 0.6) is 0 Å². The van der Waals surface area contributed by atoms with E-state index in [1.165, 1.54) is 35.4 Å². The maximum Gasteiger partial charge on any atom is 0.232 e. The Morgan fingerprint density at radius 3 is 2.74 bits per heavy atom. The van der Waals surface area contributed by atoms with Crippen LogP contribution in [0.15, 0.2) is 18.5 Å². The number of hydrogen-bond acceptors (Lipinski definition) is 6. The Labute approximate surface area is 193 Å². The van der Waals surface area contributed by atoms with Gasteiger partial charge in [0.15, 0.2) is 0 Å². The fraction of sp³-hybridized carbons (Fsp3) is 0.609. The van der Waals surface area contributed by atoms with Crippen molar-refractivity contribution in [2.75, 3.05) is 44.2 Å². The lowest BCUT2D eigenvalue weighted by molar-refractivity contribution is -0.133. The van der Waals surface area contributed by atoms with Crippen LogP contribution in [0, 0.1) is 5.92 Å². The van der Waals surface area contributed by atoms with Crippen molar-refractivity contribution in [1.82, 2.24) is 20.2 Å². The zero-order valence-corrected chi connectivity index (χ0v) is 19.6. The van der Waals surface area contributed by atoms with E-state index >= 15 is 0 Å². The topological polar surface area (TPSA) is 61.4 Å². The first-order chi connectivity index (χ1) is 15.1. The molecule has 2 atom stereocenters. The number of thiophene rings is 1. The van der Waals surface area contributed by atoms with Gasteiger partial charge in [0, 0.05) is 48.9 Å². The highest BCUT2D eigenvalue weighted by molar-refractivity contribution is 7.16. The smallest absolute Gasteiger partial charge is 0.232 e. The number of hydrogen-bond donors (Lipinski definition) is 1. The molecule has 0 radical (unpaired) electrons. The highest BCUT2D eigenvalue weighted by Gasteiger charge is 2.32. The van der Waals surface area contributed by atoms with Crippen LogP contribution in [0.2, 0.25) is 4.34 Å². The zero-order valence-electron chi connectivity index (χ0n) is 18.0. The molecule has 0 spiro atoms. The summed E-state index contributed by atoms with van der Waals surface area (Å²) < 4.78 is 0.742. The summed E-state index contributed by atoms with van der Waals surface area (Å²) in [5.41, 5.74) is 2.52. The van der Waals surface area contributed by atoms with Gasteiger partial charge in [0.25, 0.3) is 0 Å². The number of fused-ring (bicyclic) bond motifs is 1. The second-order valence-electron chi connectivity index (χ2n) is 9.11. The quantitative estimate of drug-likeness (QED) is 0.684. The van der Waals surface area contributed by atoms with Crippen LogP contribution in [-0.2, 0) is 11.2 Å². The van der Waals surface area contributed by atoms with Gasteiger partial charge < -0.3 is 15.1 Å². The molecule has 1 N–H and O–H groups in total. The monoisotopic (exact) mass is 459 g/mol. The molecule has 1 aliphatic heterocycles. The molecule has 6 nitrogen and oxygen atoms in total. The summed E-state index contributed by atoms with van der Waals surface area (Å²) in [5.74, 6) is 2.43. The van der Waals surface area contributed by atoms with Crippen LogP contribution < -0.4 is 10.2 Å². The van der Waals surface area contributed by atoms with E-state index < -0.39 is 0 Å². The van der Waals surface area contributed by atoms with Crippen molar-refractivity contribution >= 4 is 34.7 Å². The van der Waals surface area contributed by atoms with E-state index in [0.717, 1.165) is 66.5 Å². The predicted molar refractivity (Wildman–Crippen MR) is 125 cm³/mol. The van der Waals surface area contributed by atoms with Crippen molar-refractivity contribution in [1.29, 1.82) is 0 Å². The SMILES string of the molecule is C[C@@H]1CCc2ncnc(N3CCN(C(=O)[C@H](CNCC4CC4)c4ccc(Cl)s4)CC3)c21. The molecule has 0 aromatic carbocycles. The third-order valence-electron chi connectivity index (χ3n) is 6.86. The minimum Gasteiger partial charge on any atom is -0.353 e. The van der Waals surface area contributed by atoms with Crippen molar-refractivity contribution in [3.8, 4) is 0 Å². The van der Waals surface area contributed by atoms with Crippen LogP contribution in [0.3, 0.4) is 0 Å². The number of halogens is 1. The van der Waals surface area contributed by atoms with Crippen LogP contribution in [0.25, 0.3) is 0 Å². The number of amides is 1. The standard InChI is InChI=1S/C23H30ClN5OS/c1-15-2-5-18-21(15)22(27-14-26-18)28-8-10-29(11-9-28)23(30)17(13-25-12-16-3-4-16)19-6-7-20(24)31-19/h6-7,14-17,25H,2-5,8-13H2,1H3/t15-,17-/m1/s1. The van der Waals surface area contributed by atoms with Crippen LogP contribution in [-0.4, -0.2) is 60.0 Å². The number of nitrogens with zero attached hydrogens (tertiary/aromatic N) is 4. The first-order valence-corrected chi connectivity index (χ1v) is 12.6. The van der Waals surface area contributed by atoms with Crippen molar-refractivity contribution in [2.24, 2.45) is 5.92 Å². The van der Waals surface area contributed by atoms with Crippen molar-refractivity contribution in [3.63, 3.8) is 0 Å². The van der Waals surface area contributed by atoms with Crippen LogP contribution in [0.4, 0.5) is 5.82 Å². The van der Waals surface area contributed by atoms with E-state index in [2.05, 4.69) is 27.1 Å². The van der Waals surface area contributed by atoms with Gasteiger partial charge in [0.1, 0.15) is 12.1 Å². The molecule has 2 fully saturated rings. The fourth-order valence-corrected chi connectivity index (χ4v) is 5.97. The summed E-state index contributed by atoms with van der Waals surface area (Å²) >= 11 is 7.71. The normalized spacial score (nSPS) is 21.9. The summed E-state index contributed by atoms with van der Waals surface area (Å²) in [4.78, 5) is 28.0. The summed E-state index contributed by atoms with van der Waals surface area (Å²) in [6.07, 6.45) is 6.52. The minimum absolute atomic E-state index is 0.161. The van der Waals surface area contributed by atoms with Gasteiger partial charge in [-0.05, 0) is 56.2 Å². The molecule has 8 heteroatoms. The summed E-state index contributed by atoms with van der Waals surface area (Å²) in [6.45, 7) is 7.04. The average molecular weight is 460 g/mol. The molecule has 1 amide bonds. The Hall–Kier alpha value is -1.70. The average Bonchev–Trinajstić information content (AvgIpc) is 3.40. The third-order valence-corrected chi connectivity index (χ3v) is 8.20. The van der Waals surface area contributed by atoms with E-state index in [4.69, 9.17) is 11.6 Å². The van der Waals surface area contributed by atoms with Crippen molar-refractivity contribution in [2.45, 2.75) is 44.4 Å². The molecular formula is C23H30ClN5OS. The molecule has 0 bridgehead atoms. The van der Waals surface area contributed by atoms with Gasteiger partial charge in [-0.1, -0.05) is 18.5 Å². The van der Waals surface area contributed by atoms with Gasteiger partial charge in [-0.3, -0.25) is 4.79 Å². The van der Waals surface area contributed by atoms with E-state index in [9.17, 15) is 4.79 Å². The molecule has 1 saturated carbocycles. The Kier molecular flexibility index (Phi) is 6.17. The van der Waals surface area contributed by atoms with E-state index in [1.807, 2.05) is 17.0 Å². The Bertz CT molecular complexity index is 938. The van der Waals surface area contributed by atoms with E-state index in [-0.39, 0.29) is 11.8 Å². The lowest BCUT2D eigenvalue weighted by atomic mass is 10.0. The van der Waals surface area contributed by atoms with Crippen molar-refractivity contribution < 1.29 is 4.79 Å². The highest BCUT2D eigenvalue weighted by atomic mass is 35.5. The first-order valence-electron chi connectivity index (χ1n) is 11.4. The highest BCUT2D eigenvalue weighted by Crippen LogP contribution is 2.37. The van der Waals surface area contributed by atoms with Gasteiger partial charge in [-0.2, -0.15) is 0 Å². The van der Waals surface area contributed by atoms with Gasteiger partial charge in [-0.15, -0.1) is 11.3 Å². The number of piperazine rings is 1. The maximum atomic E-state index is 13.5. The lowest BCUT2D eigenvalue weighted by Gasteiger charge is -2.37. The Morgan fingerprint density at radius 2 is 2.03 bits per heavy atom. The minimum atomic E-state index is -0.161. The number of aryl methyl sites for hydroxylation is 1. The second kappa shape index (κ2) is 9.04. The molecule has 2 aliphatic carbocycles. The number of nitrogens with one attached hydrogen (secondary N) is 1. The number of aromatic nitrogens is 2. The van der Waals surface area contributed by atoms with Crippen LogP contribution in [0.1, 0.15) is 54.2 Å². The van der Waals surface area contributed by atoms with Crippen molar-refractivity contribution in [3.05, 3.63) is 38.9 Å². The number of carbonyl (C=O) groups excluding carboxylic acids is 1. The third kappa shape index (κ3) is 4.59. The molecule has 0 unspecified atom stereocenters. The fourth-order valence-electron chi connectivity index (χ4n) is 4.81. The van der Waals surface area contributed by atoms with E-state index in [0.29, 0.717) is 12.5 Å². The predicted octanol–water partition coefficient (Wildman–Crippen LogP) is 3.67. The summed E-state index contributed by atoms with van der Waals surface area (Å²) in [5, 5.41) is 3.53. The Balaban J connectivity index is 1.25. The van der Waals surface area contributed by atoms with E-state index in [1.54, 1.807) is 6.33 Å². The molecule has 31 heavy (non-hydrogen) atoms. The molecule has 1 saturated heterocycles. The molecule has 2 aromatic rings. The largest absolute Gasteiger partial charge is 0.353 e. The number of carbonyl (C=O) groups is 1. The molecule has 166 valence electrons. The second-order valence-corrected chi connectivity index (χ2v) is 10.9. The lowest BCUT2D eigenvalue weighted by Crippen LogP contribution is -2.51.